The van der Waals surface area contributed by atoms with Crippen LogP contribution in [0.4, 0.5) is 11.4 Å². The van der Waals surface area contributed by atoms with E-state index < -0.39 is 10.0 Å². The van der Waals surface area contributed by atoms with Crippen LogP contribution in [0.5, 0.6) is 0 Å². The zero-order valence-electron chi connectivity index (χ0n) is 11.3. The van der Waals surface area contributed by atoms with Crippen molar-refractivity contribution in [2.24, 2.45) is 0 Å². The van der Waals surface area contributed by atoms with Crippen LogP contribution in [0.25, 0.3) is 0 Å². The van der Waals surface area contributed by atoms with Gasteiger partial charge in [-0.25, -0.2) is 13.4 Å². The second-order valence-corrected chi connectivity index (χ2v) is 7.83. The number of halogens is 2. The molecule has 1 aromatic heterocycles. The Balaban J connectivity index is 2.43. The third-order valence-electron chi connectivity index (χ3n) is 2.85. The average molecular weight is 435 g/mol. The maximum absolute atomic E-state index is 12.5. The summed E-state index contributed by atoms with van der Waals surface area (Å²) in [5.74, 6) is 0. The fourth-order valence-electron chi connectivity index (χ4n) is 1.78. The minimum Gasteiger partial charge on any atom is -0.398 e. The number of sulfonamides is 1. The van der Waals surface area contributed by atoms with Crippen LogP contribution in [0.2, 0.25) is 0 Å². The summed E-state index contributed by atoms with van der Waals surface area (Å²) in [6.07, 6.45) is 1.45. The molecular weight excluding hydrogens is 422 g/mol. The van der Waals surface area contributed by atoms with Gasteiger partial charge in [0.15, 0.2) is 0 Å². The molecule has 1 aromatic carbocycles. The number of rotatable bonds is 3. The normalized spacial score (nSPS) is 11.4. The van der Waals surface area contributed by atoms with Crippen molar-refractivity contribution in [3.05, 3.63) is 44.6 Å². The molecule has 0 atom stereocenters. The lowest BCUT2D eigenvalue weighted by Gasteiger charge is -2.12. The fraction of sp³-hybridized carbons (Fsp3) is 0.154. The molecule has 21 heavy (non-hydrogen) atoms. The molecule has 0 aliphatic carbocycles. The molecule has 0 saturated heterocycles. The van der Waals surface area contributed by atoms with Gasteiger partial charge in [-0.05, 0) is 75.0 Å². The topological polar surface area (TPSA) is 85.1 Å². The Morgan fingerprint density at radius 2 is 1.81 bits per heavy atom. The number of nitrogen functional groups attached to an aromatic ring is 1. The second-order valence-electron chi connectivity index (χ2n) is 4.58. The summed E-state index contributed by atoms with van der Waals surface area (Å²) in [6, 6.07) is 4.81. The Kier molecular flexibility index (Phi) is 4.60. The summed E-state index contributed by atoms with van der Waals surface area (Å²) >= 11 is 6.55. The van der Waals surface area contributed by atoms with E-state index in [9.17, 15) is 8.42 Å². The summed E-state index contributed by atoms with van der Waals surface area (Å²) in [4.78, 5) is 4.21. The van der Waals surface area contributed by atoms with Crippen LogP contribution in [-0.4, -0.2) is 13.4 Å². The SMILES string of the molecule is Cc1cc(Br)c(N)cc1S(=O)(=O)Nc1cnc(Br)c(C)c1. The Hall–Kier alpha value is -1.12. The van der Waals surface area contributed by atoms with Gasteiger partial charge in [-0.15, -0.1) is 0 Å². The fourth-order valence-corrected chi connectivity index (χ4v) is 3.75. The molecule has 112 valence electrons. The first-order valence-corrected chi connectivity index (χ1v) is 8.98. The van der Waals surface area contributed by atoms with Crippen LogP contribution in [0, 0.1) is 13.8 Å². The van der Waals surface area contributed by atoms with Crippen LogP contribution in [0.3, 0.4) is 0 Å². The molecule has 5 nitrogen and oxygen atoms in total. The molecular formula is C13H13Br2N3O2S. The summed E-state index contributed by atoms with van der Waals surface area (Å²) in [5.41, 5.74) is 7.97. The highest BCUT2D eigenvalue weighted by Gasteiger charge is 2.19. The number of aryl methyl sites for hydroxylation is 2. The first-order chi connectivity index (χ1) is 9.70. The van der Waals surface area contributed by atoms with Crippen molar-refractivity contribution in [1.29, 1.82) is 0 Å². The lowest BCUT2D eigenvalue weighted by Crippen LogP contribution is -2.15. The van der Waals surface area contributed by atoms with Gasteiger partial charge in [-0.2, -0.15) is 0 Å². The van der Waals surface area contributed by atoms with Gasteiger partial charge >= 0.3 is 0 Å². The number of anilines is 2. The highest BCUT2D eigenvalue weighted by molar-refractivity contribution is 9.10. The van der Waals surface area contributed by atoms with Crippen molar-refractivity contribution in [1.82, 2.24) is 4.98 Å². The van der Waals surface area contributed by atoms with Gasteiger partial charge in [-0.3, -0.25) is 4.72 Å². The number of benzene rings is 1. The Labute approximate surface area is 140 Å². The monoisotopic (exact) mass is 433 g/mol. The molecule has 0 fully saturated rings. The molecule has 0 bridgehead atoms. The van der Waals surface area contributed by atoms with Crippen molar-refractivity contribution in [2.45, 2.75) is 18.7 Å². The van der Waals surface area contributed by atoms with E-state index in [0.29, 0.717) is 26.0 Å². The number of pyridine rings is 1. The molecule has 8 heteroatoms. The van der Waals surface area contributed by atoms with Crippen LogP contribution in [0.1, 0.15) is 11.1 Å². The summed E-state index contributed by atoms with van der Waals surface area (Å²) in [6.45, 7) is 3.54. The highest BCUT2D eigenvalue weighted by atomic mass is 79.9. The predicted octanol–water partition coefficient (Wildman–Crippen LogP) is 3.61. The molecule has 0 saturated carbocycles. The number of hydrogen-bond acceptors (Lipinski definition) is 4. The maximum Gasteiger partial charge on any atom is 0.262 e. The number of hydrogen-bond donors (Lipinski definition) is 2. The van der Waals surface area contributed by atoms with E-state index in [2.05, 4.69) is 41.6 Å². The predicted molar refractivity (Wildman–Crippen MR) is 90.8 cm³/mol. The van der Waals surface area contributed by atoms with E-state index in [0.717, 1.165) is 5.56 Å². The summed E-state index contributed by atoms with van der Waals surface area (Å²) in [5, 5.41) is 0. The average Bonchev–Trinajstić information content (AvgIpc) is 2.37. The van der Waals surface area contributed by atoms with Crippen LogP contribution < -0.4 is 10.5 Å². The van der Waals surface area contributed by atoms with E-state index in [4.69, 9.17) is 5.73 Å². The zero-order chi connectivity index (χ0) is 15.8. The molecule has 0 amide bonds. The van der Waals surface area contributed by atoms with E-state index in [1.807, 2.05) is 6.92 Å². The third-order valence-corrected chi connectivity index (χ3v) is 5.89. The van der Waals surface area contributed by atoms with E-state index in [1.165, 1.54) is 12.3 Å². The number of nitrogens with one attached hydrogen (secondary N) is 1. The molecule has 1 heterocycles. The number of aromatic nitrogens is 1. The van der Waals surface area contributed by atoms with Crippen molar-refractivity contribution < 1.29 is 8.42 Å². The lowest BCUT2D eigenvalue weighted by atomic mass is 10.2. The highest BCUT2D eigenvalue weighted by Crippen LogP contribution is 2.28. The molecule has 0 unspecified atom stereocenters. The van der Waals surface area contributed by atoms with Gasteiger partial charge in [0.25, 0.3) is 10.0 Å². The van der Waals surface area contributed by atoms with Crippen molar-refractivity contribution >= 4 is 53.3 Å². The van der Waals surface area contributed by atoms with Gasteiger partial charge in [0.2, 0.25) is 0 Å². The smallest absolute Gasteiger partial charge is 0.262 e. The molecule has 2 aromatic rings. The van der Waals surface area contributed by atoms with Gasteiger partial charge in [0, 0.05) is 10.2 Å². The quantitative estimate of drug-likeness (QED) is 0.570. The molecule has 3 N–H and O–H groups in total. The van der Waals surface area contributed by atoms with Gasteiger partial charge in [0.1, 0.15) is 4.60 Å². The van der Waals surface area contributed by atoms with Crippen LogP contribution in [0.15, 0.2) is 38.4 Å². The molecule has 0 radical (unpaired) electrons. The minimum atomic E-state index is -3.72. The van der Waals surface area contributed by atoms with Crippen LogP contribution >= 0.6 is 31.9 Å². The largest absolute Gasteiger partial charge is 0.398 e. The molecule has 0 spiro atoms. The van der Waals surface area contributed by atoms with Crippen LogP contribution in [-0.2, 0) is 10.0 Å². The van der Waals surface area contributed by atoms with E-state index in [1.54, 1.807) is 19.1 Å². The van der Waals surface area contributed by atoms with Crippen molar-refractivity contribution in [2.75, 3.05) is 10.5 Å². The molecule has 2 rings (SSSR count). The lowest BCUT2D eigenvalue weighted by molar-refractivity contribution is 0.600. The van der Waals surface area contributed by atoms with Crippen molar-refractivity contribution in [3.63, 3.8) is 0 Å². The standard InChI is InChI=1S/C13H13Br2N3O2S/c1-7-4-10(14)11(16)5-12(7)21(19,20)18-9-3-8(2)13(15)17-6-9/h3-6,18H,16H2,1-2H3. The van der Waals surface area contributed by atoms with Gasteiger partial charge in [-0.1, -0.05) is 0 Å². The Morgan fingerprint density at radius 1 is 1.14 bits per heavy atom. The van der Waals surface area contributed by atoms with E-state index >= 15 is 0 Å². The first kappa shape index (κ1) is 16.3. The second kappa shape index (κ2) is 5.94. The maximum atomic E-state index is 12.5. The Bertz CT molecular complexity index is 807. The first-order valence-electron chi connectivity index (χ1n) is 5.91. The molecule has 0 aliphatic rings. The minimum absolute atomic E-state index is 0.142. The van der Waals surface area contributed by atoms with Crippen molar-refractivity contribution in [3.8, 4) is 0 Å². The summed E-state index contributed by atoms with van der Waals surface area (Å²) in [7, 11) is -3.72. The van der Waals surface area contributed by atoms with E-state index in [-0.39, 0.29) is 4.90 Å². The number of nitrogens with zero attached hydrogens (tertiary/aromatic N) is 1. The van der Waals surface area contributed by atoms with Gasteiger partial charge < -0.3 is 5.73 Å². The third kappa shape index (κ3) is 3.56. The Morgan fingerprint density at radius 3 is 2.43 bits per heavy atom. The zero-order valence-corrected chi connectivity index (χ0v) is 15.3. The number of nitrogens with two attached hydrogens (primary N) is 1. The van der Waals surface area contributed by atoms with Gasteiger partial charge in [0.05, 0.1) is 16.8 Å². The summed E-state index contributed by atoms with van der Waals surface area (Å²) < 4.78 is 28.8. The molecule has 0 aliphatic heterocycles.